The minimum Gasteiger partial charge on any atom is -0.427 e. The maximum absolute atomic E-state index is 13.6. The number of hydrogen-bond acceptors (Lipinski definition) is 5. The van der Waals surface area contributed by atoms with Gasteiger partial charge in [-0.25, -0.2) is 4.79 Å². The molecule has 186 valence electrons. The van der Waals surface area contributed by atoms with E-state index in [4.69, 9.17) is 9.47 Å². The molecule has 36 heavy (non-hydrogen) atoms. The van der Waals surface area contributed by atoms with E-state index in [2.05, 4.69) is 36.2 Å². The maximum atomic E-state index is 13.6. The Hall–Kier alpha value is -3.70. The zero-order valence-electron chi connectivity index (χ0n) is 21.3. The summed E-state index contributed by atoms with van der Waals surface area (Å²) in [5.41, 5.74) is 2.33. The Morgan fingerprint density at radius 3 is 1.83 bits per heavy atom. The second kappa shape index (κ2) is 10.5. The third-order valence-corrected chi connectivity index (χ3v) is 6.70. The molecule has 0 saturated carbocycles. The molecule has 0 aromatic heterocycles. The van der Waals surface area contributed by atoms with Crippen molar-refractivity contribution >= 4 is 11.9 Å². The first-order valence-corrected chi connectivity index (χ1v) is 12.2. The molecule has 1 aliphatic rings. The molecule has 0 N–H and O–H groups in total. The summed E-state index contributed by atoms with van der Waals surface area (Å²) in [6.45, 7) is 5.40. The van der Waals surface area contributed by atoms with E-state index in [1.54, 1.807) is 20.8 Å². The molecule has 1 unspecified atom stereocenters. The van der Waals surface area contributed by atoms with E-state index in [0.717, 1.165) is 16.7 Å². The van der Waals surface area contributed by atoms with Crippen LogP contribution in [0.1, 0.15) is 43.4 Å². The van der Waals surface area contributed by atoms with Gasteiger partial charge in [0.05, 0.1) is 11.0 Å². The highest BCUT2D eigenvalue weighted by atomic mass is 16.7. The minimum absolute atomic E-state index is 0.368. The number of likely N-dealkylation sites (N-methyl/N-ethyl adjacent to an activating group) is 1. The third kappa shape index (κ3) is 4.84. The van der Waals surface area contributed by atoms with Crippen molar-refractivity contribution in [3.8, 4) is 0 Å². The SMILES string of the molecule is CN1CC=C(C(=O)OCOC(=O)C(C)(C)C)C(c2ccccc2)C1(c1ccccc1)c1ccccc1. The molecule has 0 aliphatic carbocycles. The molecule has 0 spiro atoms. The first kappa shape index (κ1) is 25.4. The van der Waals surface area contributed by atoms with E-state index in [1.807, 2.05) is 72.8 Å². The van der Waals surface area contributed by atoms with Gasteiger partial charge in [0.1, 0.15) is 0 Å². The van der Waals surface area contributed by atoms with Crippen LogP contribution in [0, 0.1) is 5.41 Å². The molecule has 4 rings (SSSR count). The molecule has 5 heteroatoms. The van der Waals surface area contributed by atoms with Gasteiger partial charge < -0.3 is 9.47 Å². The van der Waals surface area contributed by atoms with E-state index in [1.165, 1.54) is 0 Å². The fourth-order valence-electron chi connectivity index (χ4n) is 4.97. The van der Waals surface area contributed by atoms with Crippen LogP contribution in [0.5, 0.6) is 0 Å². The minimum atomic E-state index is -0.679. The summed E-state index contributed by atoms with van der Waals surface area (Å²) >= 11 is 0. The number of ether oxygens (including phenoxy) is 2. The van der Waals surface area contributed by atoms with Crippen molar-refractivity contribution in [2.24, 2.45) is 5.41 Å². The zero-order chi connectivity index (χ0) is 25.8. The Balaban J connectivity index is 1.82. The van der Waals surface area contributed by atoms with Crippen LogP contribution in [0.15, 0.2) is 103 Å². The van der Waals surface area contributed by atoms with Gasteiger partial charge >= 0.3 is 11.9 Å². The normalized spacial score (nSPS) is 17.7. The van der Waals surface area contributed by atoms with Gasteiger partial charge in [0, 0.05) is 18.0 Å². The van der Waals surface area contributed by atoms with Gasteiger partial charge in [-0.3, -0.25) is 9.69 Å². The fraction of sp³-hybridized carbons (Fsp3) is 0.290. The van der Waals surface area contributed by atoms with Crippen molar-refractivity contribution in [2.45, 2.75) is 32.2 Å². The summed E-state index contributed by atoms with van der Waals surface area (Å²) in [4.78, 5) is 28.0. The predicted octanol–water partition coefficient (Wildman–Crippen LogP) is 5.68. The summed E-state index contributed by atoms with van der Waals surface area (Å²) in [6, 6.07) is 30.6. The van der Waals surface area contributed by atoms with E-state index in [-0.39, 0.29) is 5.92 Å². The topological polar surface area (TPSA) is 55.8 Å². The Bertz CT molecular complexity index is 1170. The van der Waals surface area contributed by atoms with Crippen LogP contribution in [-0.2, 0) is 24.6 Å². The second-order valence-electron chi connectivity index (χ2n) is 10.1. The van der Waals surface area contributed by atoms with Crippen LogP contribution in [0.4, 0.5) is 0 Å². The lowest BCUT2D eigenvalue weighted by Gasteiger charge is -2.51. The number of nitrogens with zero attached hydrogens (tertiary/aromatic N) is 1. The van der Waals surface area contributed by atoms with Crippen LogP contribution < -0.4 is 0 Å². The molecule has 3 aromatic carbocycles. The van der Waals surface area contributed by atoms with Gasteiger partial charge in [-0.15, -0.1) is 0 Å². The predicted molar refractivity (Wildman–Crippen MR) is 140 cm³/mol. The number of rotatable bonds is 6. The van der Waals surface area contributed by atoms with Crippen molar-refractivity contribution in [3.63, 3.8) is 0 Å². The number of hydrogen-bond donors (Lipinski definition) is 0. The van der Waals surface area contributed by atoms with Crippen LogP contribution in [0.25, 0.3) is 0 Å². The number of carbonyl (C=O) groups excluding carboxylic acids is 2. The lowest BCUT2D eigenvalue weighted by molar-refractivity contribution is -0.171. The fourth-order valence-corrected chi connectivity index (χ4v) is 4.97. The summed E-state index contributed by atoms with van der Waals surface area (Å²) < 4.78 is 10.8. The van der Waals surface area contributed by atoms with E-state index in [9.17, 15) is 9.59 Å². The first-order valence-electron chi connectivity index (χ1n) is 12.2. The van der Waals surface area contributed by atoms with Crippen LogP contribution in [0.3, 0.4) is 0 Å². The van der Waals surface area contributed by atoms with E-state index in [0.29, 0.717) is 12.1 Å². The summed E-state index contributed by atoms with van der Waals surface area (Å²) in [5, 5.41) is 0. The van der Waals surface area contributed by atoms with Gasteiger partial charge in [0.2, 0.25) is 6.79 Å². The van der Waals surface area contributed by atoms with Crippen LogP contribution >= 0.6 is 0 Å². The van der Waals surface area contributed by atoms with Crippen molar-refractivity contribution in [2.75, 3.05) is 20.4 Å². The zero-order valence-corrected chi connectivity index (χ0v) is 21.3. The average Bonchev–Trinajstić information content (AvgIpc) is 2.89. The lowest BCUT2D eigenvalue weighted by atomic mass is 9.64. The first-order chi connectivity index (χ1) is 17.3. The van der Waals surface area contributed by atoms with Crippen molar-refractivity contribution in [1.82, 2.24) is 4.90 Å². The van der Waals surface area contributed by atoms with Crippen molar-refractivity contribution in [1.29, 1.82) is 0 Å². The second-order valence-corrected chi connectivity index (χ2v) is 10.1. The van der Waals surface area contributed by atoms with Gasteiger partial charge in [-0.05, 0) is 44.5 Å². The molecule has 5 nitrogen and oxygen atoms in total. The van der Waals surface area contributed by atoms with E-state index >= 15 is 0 Å². The van der Waals surface area contributed by atoms with Crippen LogP contribution in [0.2, 0.25) is 0 Å². The number of benzene rings is 3. The quantitative estimate of drug-likeness (QED) is 0.334. The smallest absolute Gasteiger partial charge is 0.337 e. The summed E-state index contributed by atoms with van der Waals surface area (Å²) in [5.74, 6) is -1.28. The highest BCUT2D eigenvalue weighted by molar-refractivity contribution is 5.91. The molecule has 1 heterocycles. The van der Waals surface area contributed by atoms with Gasteiger partial charge in [-0.2, -0.15) is 0 Å². The Kier molecular flexibility index (Phi) is 7.41. The molecule has 0 fully saturated rings. The Morgan fingerprint density at radius 1 is 0.833 bits per heavy atom. The average molecular weight is 484 g/mol. The summed E-state index contributed by atoms with van der Waals surface area (Å²) in [6.07, 6.45) is 1.93. The molecule has 0 amide bonds. The monoisotopic (exact) mass is 483 g/mol. The number of esters is 2. The van der Waals surface area contributed by atoms with E-state index < -0.39 is 29.7 Å². The lowest BCUT2D eigenvalue weighted by Crippen LogP contribution is -2.53. The van der Waals surface area contributed by atoms with Gasteiger partial charge in [0.15, 0.2) is 0 Å². The standard InChI is InChI=1S/C31H33NO4/c1-30(2,3)29(34)36-22-35-28(33)26-20-21-32(4)31(24-16-10-6-11-17-24,25-18-12-7-13-19-25)27(26)23-14-8-5-9-15-23/h5-20,27H,21-22H2,1-4H3. The van der Waals surface area contributed by atoms with Crippen molar-refractivity contribution in [3.05, 3.63) is 119 Å². The Labute approximate surface area is 213 Å². The molecule has 3 aromatic rings. The highest BCUT2D eigenvalue weighted by Gasteiger charge is 2.51. The molecule has 0 saturated heterocycles. The highest BCUT2D eigenvalue weighted by Crippen LogP contribution is 2.52. The largest absolute Gasteiger partial charge is 0.427 e. The molecular formula is C31H33NO4. The molecule has 0 radical (unpaired) electrons. The molecule has 0 bridgehead atoms. The molecule has 1 aliphatic heterocycles. The third-order valence-electron chi connectivity index (χ3n) is 6.70. The van der Waals surface area contributed by atoms with Crippen molar-refractivity contribution < 1.29 is 19.1 Å². The summed E-state index contributed by atoms with van der Waals surface area (Å²) in [7, 11) is 2.08. The molecule has 1 atom stereocenters. The Morgan fingerprint density at radius 2 is 1.33 bits per heavy atom. The molecular weight excluding hydrogens is 450 g/mol. The van der Waals surface area contributed by atoms with Crippen LogP contribution in [-0.4, -0.2) is 37.2 Å². The van der Waals surface area contributed by atoms with Gasteiger partial charge in [0.25, 0.3) is 0 Å². The maximum Gasteiger partial charge on any atom is 0.337 e. The van der Waals surface area contributed by atoms with Gasteiger partial charge in [-0.1, -0.05) is 97.1 Å². The number of carbonyl (C=O) groups is 2.